The van der Waals surface area contributed by atoms with Gasteiger partial charge in [-0.2, -0.15) is 0 Å². The minimum absolute atomic E-state index is 0.290. The van der Waals surface area contributed by atoms with Crippen LogP contribution in [0.4, 0.5) is 0 Å². The Kier molecular flexibility index (Phi) is 11.2. The third-order valence-corrected chi connectivity index (χ3v) is 5.77. The van der Waals surface area contributed by atoms with E-state index in [0.717, 1.165) is 51.7 Å². The highest BCUT2D eigenvalue weighted by Crippen LogP contribution is 2.11. The van der Waals surface area contributed by atoms with E-state index in [-0.39, 0.29) is 6.10 Å². The zero-order valence-corrected chi connectivity index (χ0v) is 19.8. The van der Waals surface area contributed by atoms with Crippen LogP contribution in [-0.4, -0.2) is 75.3 Å². The van der Waals surface area contributed by atoms with Gasteiger partial charge in [-0.3, -0.25) is 9.89 Å². The molecule has 0 radical (unpaired) electrons. The highest BCUT2D eigenvalue weighted by Gasteiger charge is 2.13. The topological polar surface area (TPSA) is 52.1 Å². The molecule has 0 saturated carbocycles. The number of likely N-dealkylation sites (N-methyl/N-ethyl adjacent to an activating group) is 1. The maximum atomic E-state index is 5.82. The molecular weight excluding hydrogens is 374 g/mol. The monoisotopic (exact) mass is 417 g/mol. The van der Waals surface area contributed by atoms with E-state index in [4.69, 9.17) is 4.74 Å². The quantitative estimate of drug-likeness (QED) is 0.453. The number of guanidine groups is 1. The summed E-state index contributed by atoms with van der Waals surface area (Å²) in [6.45, 7) is 14.6. The Hall–Kier alpha value is -1.63. The van der Waals surface area contributed by atoms with Gasteiger partial charge in [-0.1, -0.05) is 38.1 Å². The third kappa shape index (κ3) is 9.02. The van der Waals surface area contributed by atoms with Gasteiger partial charge in [0.2, 0.25) is 0 Å². The van der Waals surface area contributed by atoms with Gasteiger partial charge in [-0.25, -0.2) is 0 Å². The lowest BCUT2D eigenvalue weighted by molar-refractivity contribution is 0.0258. The molecule has 170 valence electrons. The van der Waals surface area contributed by atoms with Gasteiger partial charge in [-0.15, -0.1) is 0 Å². The van der Waals surface area contributed by atoms with Crippen LogP contribution in [0.5, 0.6) is 0 Å². The molecule has 6 nitrogen and oxygen atoms in total. The average molecular weight is 418 g/mol. The van der Waals surface area contributed by atoms with Crippen LogP contribution in [0.3, 0.4) is 0 Å². The molecule has 6 heteroatoms. The fraction of sp³-hybridized carbons (Fsp3) is 0.708. The molecule has 0 amide bonds. The molecule has 1 heterocycles. The van der Waals surface area contributed by atoms with Crippen LogP contribution in [0.1, 0.15) is 44.7 Å². The number of nitrogens with one attached hydrogen (secondary N) is 2. The first-order chi connectivity index (χ1) is 14.5. The van der Waals surface area contributed by atoms with Crippen molar-refractivity contribution in [1.29, 1.82) is 0 Å². The Morgan fingerprint density at radius 2 is 1.80 bits per heavy atom. The Labute approximate surface area is 184 Å². The summed E-state index contributed by atoms with van der Waals surface area (Å²) in [6, 6.07) is 8.97. The molecule has 1 fully saturated rings. The number of rotatable bonds is 10. The van der Waals surface area contributed by atoms with Gasteiger partial charge < -0.3 is 20.3 Å². The summed E-state index contributed by atoms with van der Waals surface area (Å²) >= 11 is 0. The number of hydrogen-bond acceptors (Lipinski definition) is 4. The summed E-state index contributed by atoms with van der Waals surface area (Å²) in [5, 5.41) is 6.82. The molecule has 2 rings (SSSR count). The van der Waals surface area contributed by atoms with E-state index < -0.39 is 0 Å². The zero-order chi connectivity index (χ0) is 21.8. The number of nitrogens with zero attached hydrogens (tertiary/aromatic N) is 3. The largest absolute Gasteiger partial charge is 0.378 e. The number of benzene rings is 1. The molecule has 1 aromatic rings. The highest BCUT2D eigenvalue weighted by molar-refractivity contribution is 5.79. The summed E-state index contributed by atoms with van der Waals surface area (Å²) in [5.74, 6) is 1.36. The van der Waals surface area contributed by atoms with Crippen molar-refractivity contribution in [2.24, 2.45) is 10.9 Å². The van der Waals surface area contributed by atoms with Gasteiger partial charge in [0.25, 0.3) is 0 Å². The summed E-state index contributed by atoms with van der Waals surface area (Å²) in [7, 11) is 4.04. The Morgan fingerprint density at radius 3 is 2.47 bits per heavy atom. The minimum Gasteiger partial charge on any atom is -0.378 e. The van der Waals surface area contributed by atoms with Gasteiger partial charge >= 0.3 is 0 Å². The van der Waals surface area contributed by atoms with E-state index in [1.165, 1.54) is 30.6 Å². The minimum atomic E-state index is 0.290. The van der Waals surface area contributed by atoms with Crippen molar-refractivity contribution in [3.05, 3.63) is 35.4 Å². The van der Waals surface area contributed by atoms with E-state index in [2.05, 4.69) is 77.5 Å². The third-order valence-electron chi connectivity index (χ3n) is 5.77. The van der Waals surface area contributed by atoms with Crippen LogP contribution in [0, 0.1) is 5.92 Å². The van der Waals surface area contributed by atoms with E-state index in [9.17, 15) is 0 Å². The van der Waals surface area contributed by atoms with E-state index in [1.807, 2.05) is 7.05 Å². The average Bonchev–Trinajstić information content (AvgIpc) is 2.94. The van der Waals surface area contributed by atoms with Gasteiger partial charge in [-0.05, 0) is 56.9 Å². The van der Waals surface area contributed by atoms with E-state index in [0.29, 0.717) is 5.92 Å². The first-order valence-electron chi connectivity index (χ1n) is 11.6. The molecular formula is C24H43N5O. The molecule has 1 atom stereocenters. The van der Waals surface area contributed by atoms with Gasteiger partial charge in [0.05, 0.1) is 6.10 Å². The SMILES string of the molecule is CCOC(CCNC(=NC)NCc1ccc(CN2CCCN(C)CC2)cc1)C(C)C. The lowest BCUT2D eigenvalue weighted by Gasteiger charge is -2.21. The van der Waals surface area contributed by atoms with E-state index >= 15 is 0 Å². The van der Waals surface area contributed by atoms with Crippen molar-refractivity contribution < 1.29 is 4.74 Å². The molecule has 0 bridgehead atoms. The lowest BCUT2D eigenvalue weighted by Crippen LogP contribution is -2.38. The van der Waals surface area contributed by atoms with Crippen LogP contribution in [0.25, 0.3) is 0 Å². The standard InChI is InChI=1S/C24H43N5O/c1-6-30-23(20(2)3)12-13-26-24(25-4)27-18-21-8-10-22(11-9-21)19-29-15-7-14-28(5)16-17-29/h8-11,20,23H,6-7,12-19H2,1-5H3,(H2,25,26,27). The first kappa shape index (κ1) is 24.6. The van der Waals surface area contributed by atoms with Crippen LogP contribution in [0.15, 0.2) is 29.3 Å². The lowest BCUT2D eigenvalue weighted by atomic mass is 10.0. The number of ether oxygens (including phenoxy) is 1. The molecule has 2 N–H and O–H groups in total. The van der Waals surface area contributed by atoms with Gasteiger partial charge in [0.1, 0.15) is 0 Å². The normalized spacial score (nSPS) is 17.7. The van der Waals surface area contributed by atoms with Crippen molar-refractivity contribution in [2.75, 3.05) is 53.4 Å². The fourth-order valence-electron chi connectivity index (χ4n) is 3.84. The van der Waals surface area contributed by atoms with Crippen LogP contribution >= 0.6 is 0 Å². The second-order valence-corrected chi connectivity index (χ2v) is 8.63. The van der Waals surface area contributed by atoms with Crippen molar-refractivity contribution >= 4 is 5.96 Å². The van der Waals surface area contributed by atoms with Crippen LogP contribution in [0.2, 0.25) is 0 Å². The molecule has 1 aromatic carbocycles. The maximum Gasteiger partial charge on any atom is 0.191 e. The number of aliphatic imine (C=N–C) groups is 1. The van der Waals surface area contributed by atoms with Crippen molar-refractivity contribution in [1.82, 2.24) is 20.4 Å². The fourth-order valence-corrected chi connectivity index (χ4v) is 3.84. The zero-order valence-electron chi connectivity index (χ0n) is 19.8. The first-order valence-corrected chi connectivity index (χ1v) is 11.6. The highest BCUT2D eigenvalue weighted by atomic mass is 16.5. The Balaban J connectivity index is 1.73. The molecule has 30 heavy (non-hydrogen) atoms. The summed E-state index contributed by atoms with van der Waals surface area (Å²) in [5.41, 5.74) is 2.66. The molecule has 0 spiro atoms. The molecule has 0 aromatic heterocycles. The molecule has 1 aliphatic heterocycles. The van der Waals surface area contributed by atoms with Crippen LogP contribution in [-0.2, 0) is 17.8 Å². The van der Waals surface area contributed by atoms with Gasteiger partial charge in [0, 0.05) is 46.4 Å². The molecule has 1 unspecified atom stereocenters. The molecule has 0 aliphatic carbocycles. The predicted molar refractivity (Wildman–Crippen MR) is 127 cm³/mol. The molecule has 1 saturated heterocycles. The summed E-state index contributed by atoms with van der Waals surface area (Å²) in [6.07, 6.45) is 2.53. The van der Waals surface area contributed by atoms with Gasteiger partial charge in [0.15, 0.2) is 5.96 Å². The maximum absolute atomic E-state index is 5.82. The summed E-state index contributed by atoms with van der Waals surface area (Å²) in [4.78, 5) is 9.33. The van der Waals surface area contributed by atoms with Crippen molar-refractivity contribution in [3.8, 4) is 0 Å². The van der Waals surface area contributed by atoms with E-state index in [1.54, 1.807) is 0 Å². The second-order valence-electron chi connectivity index (χ2n) is 8.63. The smallest absolute Gasteiger partial charge is 0.191 e. The van der Waals surface area contributed by atoms with Crippen molar-refractivity contribution in [2.45, 2.75) is 52.8 Å². The number of hydrogen-bond donors (Lipinski definition) is 2. The van der Waals surface area contributed by atoms with Crippen molar-refractivity contribution in [3.63, 3.8) is 0 Å². The Morgan fingerprint density at radius 1 is 1.07 bits per heavy atom. The second kappa shape index (κ2) is 13.6. The predicted octanol–water partition coefficient (Wildman–Crippen LogP) is 2.94. The van der Waals surface area contributed by atoms with Crippen LogP contribution < -0.4 is 10.6 Å². The Bertz CT molecular complexity index is 617. The summed E-state index contributed by atoms with van der Waals surface area (Å²) < 4.78 is 5.82. The molecule has 1 aliphatic rings.